The van der Waals surface area contributed by atoms with Gasteiger partial charge < -0.3 is 19.5 Å². The fourth-order valence-electron chi connectivity index (χ4n) is 1.82. The molecule has 21 heavy (non-hydrogen) atoms. The summed E-state index contributed by atoms with van der Waals surface area (Å²) in [6.07, 6.45) is 0. The van der Waals surface area contributed by atoms with Gasteiger partial charge >= 0.3 is 0 Å². The van der Waals surface area contributed by atoms with Crippen molar-refractivity contribution < 1.29 is 19.0 Å². The van der Waals surface area contributed by atoms with Crippen LogP contribution in [-0.4, -0.2) is 25.9 Å². The highest BCUT2D eigenvalue weighted by molar-refractivity contribution is 9.11. The van der Waals surface area contributed by atoms with Crippen molar-refractivity contribution in [3.63, 3.8) is 0 Å². The van der Waals surface area contributed by atoms with Gasteiger partial charge in [0.05, 0.1) is 15.2 Å². The average molecular weight is 370 g/mol. The third-order valence-electron chi connectivity index (χ3n) is 2.80. The number of fused-ring (bicyclic) bond motifs is 1. The summed E-state index contributed by atoms with van der Waals surface area (Å²) in [6, 6.07) is 9.02. The Morgan fingerprint density at radius 3 is 2.95 bits per heavy atom. The number of hydrogen-bond acceptors (Lipinski definition) is 5. The lowest BCUT2D eigenvalue weighted by Gasteiger charge is -2.07. The summed E-state index contributed by atoms with van der Waals surface area (Å²) in [5.74, 6) is 1.99. The Labute approximate surface area is 134 Å². The van der Waals surface area contributed by atoms with Gasteiger partial charge in [0.1, 0.15) is 12.4 Å². The molecule has 0 radical (unpaired) electrons. The summed E-state index contributed by atoms with van der Waals surface area (Å²) in [4.78, 5) is 12.5. The van der Waals surface area contributed by atoms with E-state index in [0.29, 0.717) is 29.5 Å². The second-order valence-electron chi connectivity index (χ2n) is 4.22. The van der Waals surface area contributed by atoms with E-state index < -0.39 is 0 Å². The van der Waals surface area contributed by atoms with Crippen molar-refractivity contribution in [2.75, 3.05) is 19.9 Å². The molecule has 5 nitrogen and oxygen atoms in total. The largest absolute Gasteiger partial charge is 0.492 e. The van der Waals surface area contributed by atoms with Crippen LogP contribution < -0.4 is 19.5 Å². The first-order chi connectivity index (χ1) is 10.2. The quantitative estimate of drug-likeness (QED) is 0.822. The predicted molar refractivity (Wildman–Crippen MR) is 82.4 cm³/mol. The highest BCUT2D eigenvalue weighted by atomic mass is 79.9. The van der Waals surface area contributed by atoms with E-state index in [-0.39, 0.29) is 12.7 Å². The molecule has 1 aromatic heterocycles. The number of rotatable bonds is 5. The molecule has 0 fully saturated rings. The Morgan fingerprint density at radius 1 is 1.29 bits per heavy atom. The molecule has 110 valence electrons. The number of carbonyl (C=O) groups excluding carboxylic acids is 1. The van der Waals surface area contributed by atoms with Crippen LogP contribution in [0, 0.1) is 0 Å². The van der Waals surface area contributed by atoms with Crippen molar-refractivity contribution in [3.05, 3.63) is 39.0 Å². The molecule has 0 saturated heterocycles. The summed E-state index contributed by atoms with van der Waals surface area (Å²) in [5, 5.41) is 2.80. The Bertz CT molecular complexity index is 658. The van der Waals surface area contributed by atoms with E-state index in [2.05, 4.69) is 21.2 Å². The number of hydrogen-bond donors (Lipinski definition) is 1. The Balaban J connectivity index is 1.45. The molecule has 1 N–H and O–H groups in total. The van der Waals surface area contributed by atoms with Crippen LogP contribution in [0.15, 0.2) is 34.1 Å². The fourth-order valence-corrected chi connectivity index (χ4v) is 3.13. The van der Waals surface area contributed by atoms with Crippen LogP contribution in [0.5, 0.6) is 17.2 Å². The lowest BCUT2D eigenvalue weighted by molar-refractivity contribution is 0.0951. The first-order valence-electron chi connectivity index (χ1n) is 6.28. The van der Waals surface area contributed by atoms with Crippen molar-refractivity contribution >= 4 is 33.2 Å². The van der Waals surface area contributed by atoms with E-state index in [1.54, 1.807) is 18.2 Å². The first-order valence-corrected chi connectivity index (χ1v) is 7.89. The summed E-state index contributed by atoms with van der Waals surface area (Å²) >= 11 is 4.73. The van der Waals surface area contributed by atoms with Gasteiger partial charge in [0, 0.05) is 6.07 Å². The maximum Gasteiger partial charge on any atom is 0.261 e. The monoisotopic (exact) mass is 369 g/mol. The second-order valence-corrected chi connectivity index (χ2v) is 6.69. The van der Waals surface area contributed by atoms with Crippen LogP contribution in [0.1, 0.15) is 9.67 Å². The number of ether oxygens (including phenoxy) is 3. The lowest BCUT2D eigenvalue weighted by atomic mass is 10.3. The van der Waals surface area contributed by atoms with Gasteiger partial charge in [-0.1, -0.05) is 0 Å². The molecule has 0 bridgehead atoms. The van der Waals surface area contributed by atoms with Gasteiger partial charge in [-0.15, -0.1) is 11.3 Å². The van der Waals surface area contributed by atoms with Gasteiger partial charge in [-0.2, -0.15) is 0 Å². The van der Waals surface area contributed by atoms with E-state index in [0.717, 1.165) is 9.54 Å². The maximum atomic E-state index is 11.8. The third-order valence-corrected chi connectivity index (χ3v) is 4.42. The highest BCUT2D eigenvalue weighted by Gasteiger charge is 2.13. The van der Waals surface area contributed by atoms with Gasteiger partial charge in [-0.05, 0) is 40.2 Å². The van der Waals surface area contributed by atoms with Gasteiger partial charge in [-0.25, -0.2) is 0 Å². The molecule has 0 spiro atoms. The Kier molecular flexibility index (Phi) is 4.31. The molecule has 2 aromatic rings. The van der Waals surface area contributed by atoms with Gasteiger partial charge in [0.2, 0.25) is 6.79 Å². The zero-order valence-electron chi connectivity index (χ0n) is 10.9. The van der Waals surface area contributed by atoms with Crippen molar-refractivity contribution in [3.8, 4) is 17.2 Å². The minimum atomic E-state index is -0.0972. The number of nitrogens with one attached hydrogen (secondary N) is 1. The van der Waals surface area contributed by atoms with E-state index in [1.165, 1.54) is 11.3 Å². The summed E-state index contributed by atoms with van der Waals surface area (Å²) in [6.45, 7) is 1.06. The SMILES string of the molecule is O=C(NCCOc1ccc2c(c1)OCO2)c1ccc(Br)s1. The normalized spacial score (nSPS) is 12.2. The van der Waals surface area contributed by atoms with Gasteiger partial charge in [0.15, 0.2) is 11.5 Å². The van der Waals surface area contributed by atoms with Gasteiger partial charge in [0.25, 0.3) is 5.91 Å². The van der Waals surface area contributed by atoms with Gasteiger partial charge in [-0.3, -0.25) is 4.79 Å². The third kappa shape index (κ3) is 3.48. The summed E-state index contributed by atoms with van der Waals surface area (Å²) < 4.78 is 17.0. The molecule has 1 aromatic carbocycles. The predicted octanol–water partition coefficient (Wildman–Crippen LogP) is 3.05. The Hall–Kier alpha value is -1.73. The molecular formula is C14H12BrNO4S. The minimum Gasteiger partial charge on any atom is -0.492 e. The summed E-state index contributed by atoms with van der Waals surface area (Å²) in [7, 11) is 0. The second kappa shape index (κ2) is 6.36. The molecular weight excluding hydrogens is 358 g/mol. The zero-order chi connectivity index (χ0) is 14.7. The smallest absolute Gasteiger partial charge is 0.261 e. The highest BCUT2D eigenvalue weighted by Crippen LogP contribution is 2.34. The average Bonchev–Trinajstić information content (AvgIpc) is 3.11. The number of amides is 1. The molecule has 2 heterocycles. The number of carbonyl (C=O) groups is 1. The Morgan fingerprint density at radius 2 is 2.14 bits per heavy atom. The van der Waals surface area contributed by atoms with Crippen molar-refractivity contribution in [2.45, 2.75) is 0 Å². The molecule has 1 aliphatic heterocycles. The minimum absolute atomic E-state index is 0.0972. The first kappa shape index (κ1) is 14.2. The molecule has 0 unspecified atom stereocenters. The summed E-state index contributed by atoms with van der Waals surface area (Å²) in [5.41, 5.74) is 0. The van der Waals surface area contributed by atoms with Crippen molar-refractivity contribution in [1.82, 2.24) is 5.32 Å². The molecule has 1 aliphatic rings. The maximum absolute atomic E-state index is 11.8. The van der Waals surface area contributed by atoms with Crippen molar-refractivity contribution in [1.29, 1.82) is 0 Å². The molecule has 0 atom stereocenters. The van der Waals surface area contributed by atoms with Crippen molar-refractivity contribution in [2.24, 2.45) is 0 Å². The van der Waals surface area contributed by atoms with Crippen LogP contribution in [0.25, 0.3) is 0 Å². The van der Waals surface area contributed by atoms with Crippen LogP contribution in [0.4, 0.5) is 0 Å². The number of benzene rings is 1. The molecule has 0 aliphatic carbocycles. The topological polar surface area (TPSA) is 56.8 Å². The number of halogens is 1. The fraction of sp³-hybridized carbons (Fsp3) is 0.214. The standard InChI is InChI=1S/C14H12BrNO4S/c15-13-4-3-12(21-13)14(17)16-5-6-18-9-1-2-10-11(7-9)20-8-19-10/h1-4,7H,5-6,8H2,(H,16,17). The van der Waals surface area contributed by atoms with E-state index in [9.17, 15) is 4.79 Å². The zero-order valence-corrected chi connectivity index (χ0v) is 13.3. The number of thiophene rings is 1. The lowest BCUT2D eigenvalue weighted by Crippen LogP contribution is -2.27. The van der Waals surface area contributed by atoms with Crippen LogP contribution in [0.3, 0.4) is 0 Å². The van der Waals surface area contributed by atoms with Crippen LogP contribution in [-0.2, 0) is 0 Å². The van der Waals surface area contributed by atoms with E-state index in [4.69, 9.17) is 14.2 Å². The molecule has 7 heteroatoms. The van der Waals surface area contributed by atoms with E-state index >= 15 is 0 Å². The van der Waals surface area contributed by atoms with E-state index in [1.807, 2.05) is 12.1 Å². The van der Waals surface area contributed by atoms with Crippen LogP contribution in [0.2, 0.25) is 0 Å². The van der Waals surface area contributed by atoms with Crippen LogP contribution >= 0.6 is 27.3 Å². The molecule has 3 rings (SSSR count). The molecule has 0 saturated carbocycles. The molecule has 1 amide bonds.